The molecule has 0 fully saturated rings. The summed E-state index contributed by atoms with van der Waals surface area (Å²) < 4.78 is 14.4. The van der Waals surface area contributed by atoms with Gasteiger partial charge in [0.05, 0.1) is 18.2 Å². The zero-order valence-corrected chi connectivity index (χ0v) is 26.7. The van der Waals surface area contributed by atoms with E-state index in [0.29, 0.717) is 24.7 Å². The minimum atomic E-state index is 0.317. The standard InChI is InChI=1S/C40H38N4O3/c1-3-44-26-41-22-40(44)35-21-42-37-14-12-31(19-33(35)37)47-25-30-11-7-10-29(18-30)16-27(2)17-39-36(23-45)34-20-32(13-15-38(34)43-39)46-24-28-8-5-4-6-9-28/h4-15,18-23,26-27,42-43H,3,16-17,24-25H2,1-2H3/t27-/m0/s1. The van der Waals surface area contributed by atoms with E-state index in [1.54, 1.807) is 0 Å². The van der Waals surface area contributed by atoms with Crippen molar-refractivity contribution in [1.82, 2.24) is 19.5 Å². The molecule has 0 aliphatic rings. The molecule has 0 unspecified atom stereocenters. The molecule has 0 saturated heterocycles. The van der Waals surface area contributed by atoms with E-state index in [0.717, 1.165) is 87.1 Å². The Labute approximate surface area is 274 Å². The van der Waals surface area contributed by atoms with Gasteiger partial charge in [0.2, 0.25) is 0 Å². The summed E-state index contributed by atoms with van der Waals surface area (Å²) in [4.78, 5) is 23.5. The van der Waals surface area contributed by atoms with Crippen LogP contribution < -0.4 is 9.47 Å². The van der Waals surface area contributed by atoms with Gasteiger partial charge in [0, 0.05) is 51.4 Å². The van der Waals surface area contributed by atoms with Gasteiger partial charge < -0.3 is 24.0 Å². The van der Waals surface area contributed by atoms with E-state index in [-0.39, 0.29) is 0 Å². The van der Waals surface area contributed by atoms with Crippen molar-refractivity contribution in [3.8, 4) is 22.8 Å². The van der Waals surface area contributed by atoms with Crippen molar-refractivity contribution in [3.63, 3.8) is 0 Å². The van der Waals surface area contributed by atoms with Crippen LogP contribution in [0.4, 0.5) is 0 Å². The molecule has 7 heteroatoms. The number of H-pyrrole nitrogens is 2. The summed E-state index contributed by atoms with van der Waals surface area (Å²) in [5.41, 5.74) is 9.35. The fourth-order valence-electron chi connectivity index (χ4n) is 6.41. The largest absolute Gasteiger partial charge is 0.489 e. The van der Waals surface area contributed by atoms with Gasteiger partial charge in [-0.25, -0.2) is 4.98 Å². The number of rotatable bonds is 13. The van der Waals surface area contributed by atoms with Crippen LogP contribution in [0.15, 0.2) is 110 Å². The van der Waals surface area contributed by atoms with Crippen LogP contribution in [0.5, 0.6) is 11.5 Å². The third kappa shape index (κ3) is 6.56. The number of aromatic nitrogens is 4. The summed E-state index contributed by atoms with van der Waals surface area (Å²) in [6, 6.07) is 30.7. The molecule has 0 radical (unpaired) electrons. The van der Waals surface area contributed by atoms with E-state index < -0.39 is 0 Å². The molecule has 3 aromatic heterocycles. The highest BCUT2D eigenvalue weighted by Crippen LogP contribution is 2.32. The van der Waals surface area contributed by atoms with E-state index in [2.05, 4.69) is 69.8 Å². The zero-order valence-electron chi connectivity index (χ0n) is 26.7. The molecule has 236 valence electrons. The Morgan fingerprint density at radius 3 is 2.32 bits per heavy atom. The third-order valence-electron chi connectivity index (χ3n) is 8.77. The Balaban J connectivity index is 1.00. The number of aryl methyl sites for hydroxylation is 1. The van der Waals surface area contributed by atoms with Crippen molar-refractivity contribution in [2.45, 2.75) is 46.4 Å². The van der Waals surface area contributed by atoms with Crippen molar-refractivity contribution >= 4 is 28.1 Å². The van der Waals surface area contributed by atoms with Crippen LogP contribution in [0.3, 0.4) is 0 Å². The van der Waals surface area contributed by atoms with Gasteiger partial charge in [-0.05, 0) is 78.8 Å². The normalized spacial score (nSPS) is 12.0. The number of imidazole rings is 1. The smallest absolute Gasteiger partial charge is 0.152 e. The highest BCUT2D eigenvalue weighted by Gasteiger charge is 2.16. The number of nitrogens with one attached hydrogen (secondary N) is 2. The summed E-state index contributed by atoms with van der Waals surface area (Å²) in [6.45, 7) is 6.17. The van der Waals surface area contributed by atoms with Crippen molar-refractivity contribution in [2.75, 3.05) is 0 Å². The molecule has 3 heterocycles. The minimum Gasteiger partial charge on any atom is -0.489 e. The fraction of sp³-hybridized carbons (Fsp3) is 0.200. The fourth-order valence-corrected chi connectivity index (χ4v) is 6.41. The first-order valence-electron chi connectivity index (χ1n) is 16.2. The van der Waals surface area contributed by atoms with Gasteiger partial charge in [-0.15, -0.1) is 0 Å². The van der Waals surface area contributed by atoms with Gasteiger partial charge in [-0.1, -0.05) is 61.5 Å². The number of carbonyl (C=O) groups is 1. The van der Waals surface area contributed by atoms with E-state index in [9.17, 15) is 4.79 Å². The Morgan fingerprint density at radius 1 is 0.809 bits per heavy atom. The van der Waals surface area contributed by atoms with Gasteiger partial charge in [0.15, 0.2) is 6.29 Å². The number of fused-ring (bicyclic) bond motifs is 2. The first-order valence-corrected chi connectivity index (χ1v) is 16.2. The maximum atomic E-state index is 12.3. The van der Waals surface area contributed by atoms with E-state index in [1.807, 2.05) is 73.3 Å². The van der Waals surface area contributed by atoms with Gasteiger partial charge in [0.1, 0.15) is 24.7 Å². The predicted octanol–water partition coefficient (Wildman–Crippen LogP) is 8.92. The highest BCUT2D eigenvalue weighted by atomic mass is 16.5. The van der Waals surface area contributed by atoms with Crippen LogP contribution in [0.2, 0.25) is 0 Å². The van der Waals surface area contributed by atoms with Crippen LogP contribution in [0.1, 0.15) is 46.6 Å². The van der Waals surface area contributed by atoms with Crippen LogP contribution in [-0.4, -0.2) is 25.8 Å². The SMILES string of the molecule is CCn1cncc1-c1c[nH]c2ccc(OCc3cccc(C[C@H](C)Cc4[nH]c5ccc(OCc6ccccc6)cc5c4C=O)c3)cc12. The minimum absolute atomic E-state index is 0.317. The number of hydrogen-bond acceptors (Lipinski definition) is 4. The number of benzene rings is 4. The molecule has 0 amide bonds. The number of hydrogen-bond donors (Lipinski definition) is 2. The number of aldehydes is 1. The van der Waals surface area contributed by atoms with Crippen LogP contribution in [-0.2, 0) is 32.6 Å². The van der Waals surface area contributed by atoms with Crippen molar-refractivity contribution in [1.29, 1.82) is 0 Å². The lowest BCUT2D eigenvalue weighted by Crippen LogP contribution is -2.06. The molecular formula is C40H38N4O3. The molecule has 4 aromatic carbocycles. The van der Waals surface area contributed by atoms with Gasteiger partial charge in [0.25, 0.3) is 0 Å². The lowest BCUT2D eigenvalue weighted by atomic mass is 9.94. The molecule has 47 heavy (non-hydrogen) atoms. The Morgan fingerprint density at radius 2 is 1.53 bits per heavy atom. The Bertz CT molecular complexity index is 2140. The monoisotopic (exact) mass is 622 g/mol. The summed E-state index contributed by atoms with van der Waals surface area (Å²) in [5.74, 6) is 1.89. The summed E-state index contributed by atoms with van der Waals surface area (Å²) in [7, 11) is 0. The Hall–Kier alpha value is -5.56. The van der Waals surface area contributed by atoms with Gasteiger partial charge in [-0.3, -0.25) is 4.79 Å². The lowest BCUT2D eigenvalue weighted by Gasteiger charge is -2.13. The second-order valence-corrected chi connectivity index (χ2v) is 12.2. The van der Waals surface area contributed by atoms with Crippen LogP contribution in [0.25, 0.3) is 33.1 Å². The van der Waals surface area contributed by atoms with Gasteiger partial charge >= 0.3 is 0 Å². The third-order valence-corrected chi connectivity index (χ3v) is 8.77. The van der Waals surface area contributed by atoms with E-state index in [1.165, 1.54) is 5.56 Å². The second kappa shape index (κ2) is 13.4. The highest BCUT2D eigenvalue weighted by molar-refractivity contribution is 5.99. The second-order valence-electron chi connectivity index (χ2n) is 12.2. The number of ether oxygens (including phenoxy) is 2. The summed E-state index contributed by atoms with van der Waals surface area (Å²) in [5, 5.41) is 2.01. The first-order chi connectivity index (χ1) is 23.1. The average molecular weight is 623 g/mol. The molecular weight excluding hydrogens is 584 g/mol. The molecule has 7 rings (SSSR count). The Kier molecular flexibility index (Phi) is 8.60. The molecule has 7 aromatic rings. The quantitative estimate of drug-likeness (QED) is 0.126. The predicted molar refractivity (Wildman–Crippen MR) is 187 cm³/mol. The van der Waals surface area contributed by atoms with Crippen molar-refractivity contribution in [2.24, 2.45) is 5.92 Å². The summed E-state index contributed by atoms with van der Waals surface area (Å²) >= 11 is 0. The van der Waals surface area contributed by atoms with Crippen LogP contribution in [0, 0.1) is 5.92 Å². The van der Waals surface area contributed by atoms with E-state index >= 15 is 0 Å². The number of carbonyl (C=O) groups excluding carboxylic acids is 1. The molecule has 0 aliphatic carbocycles. The molecule has 0 aliphatic heterocycles. The number of aromatic amines is 2. The van der Waals surface area contributed by atoms with E-state index in [4.69, 9.17) is 9.47 Å². The topological polar surface area (TPSA) is 84.9 Å². The first kappa shape index (κ1) is 30.1. The molecule has 0 spiro atoms. The zero-order chi connectivity index (χ0) is 32.2. The maximum Gasteiger partial charge on any atom is 0.152 e. The maximum absolute atomic E-state index is 12.3. The average Bonchev–Trinajstić information content (AvgIpc) is 3.83. The summed E-state index contributed by atoms with van der Waals surface area (Å²) in [6.07, 6.45) is 8.42. The lowest BCUT2D eigenvalue weighted by molar-refractivity contribution is 0.112. The van der Waals surface area contributed by atoms with Crippen LogP contribution >= 0.6 is 0 Å². The molecule has 0 bridgehead atoms. The van der Waals surface area contributed by atoms with Crippen molar-refractivity contribution in [3.05, 3.63) is 138 Å². The number of nitrogens with zero attached hydrogens (tertiary/aromatic N) is 2. The van der Waals surface area contributed by atoms with Crippen molar-refractivity contribution < 1.29 is 14.3 Å². The van der Waals surface area contributed by atoms with Gasteiger partial charge in [-0.2, -0.15) is 0 Å². The molecule has 1 atom stereocenters. The molecule has 2 N–H and O–H groups in total. The molecule has 7 nitrogen and oxygen atoms in total. The molecule has 0 saturated carbocycles.